The van der Waals surface area contributed by atoms with Crippen molar-refractivity contribution in [1.29, 1.82) is 0 Å². The molecule has 0 saturated heterocycles. The van der Waals surface area contributed by atoms with E-state index >= 15 is 0 Å². The fourth-order valence-electron chi connectivity index (χ4n) is 1.72. The number of hydrogen-bond acceptors (Lipinski definition) is 3. The van der Waals surface area contributed by atoms with Gasteiger partial charge in [0.15, 0.2) is 0 Å². The summed E-state index contributed by atoms with van der Waals surface area (Å²) in [7, 11) is 0. The Morgan fingerprint density at radius 2 is 2.47 bits per heavy atom. The first-order valence-electron chi connectivity index (χ1n) is 6.24. The van der Waals surface area contributed by atoms with Gasteiger partial charge in [-0.15, -0.1) is 0 Å². The van der Waals surface area contributed by atoms with Crippen LogP contribution in [0, 0.1) is 6.92 Å². The number of carbonyl (C=O) groups is 1. The zero-order valence-electron chi connectivity index (χ0n) is 10.8. The first-order valence-corrected chi connectivity index (χ1v) is 6.24. The molecule has 0 unspecified atom stereocenters. The molecule has 5 nitrogen and oxygen atoms in total. The van der Waals surface area contributed by atoms with E-state index < -0.39 is 0 Å². The highest BCUT2D eigenvalue weighted by molar-refractivity contribution is 5.91. The van der Waals surface area contributed by atoms with E-state index in [2.05, 4.69) is 15.5 Å². The van der Waals surface area contributed by atoms with Crippen molar-refractivity contribution in [2.45, 2.75) is 19.8 Å². The standard InChI is InChI=1S/C14H17N3O2/c1-11-12(10-16-17-11)4-2-8-15-14(18)7-6-13-5-3-9-19-13/h3,5-7,9-10H,2,4,8H2,1H3,(H,15,18)(H,16,17). The van der Waals surface area contributed by atoms with Crippen molar-refractivity contribution in [3.8, 4) is 0 Å². The van der Waals surface area contributed by atoms with Crippen molar-refractivity contribution in [3.63, 3.8) is 0 Å². The van der Waals surface area contributed by atoms with Gasteiger partial charge in [0.1, 0.15) is 5.76 Å². The van der Waals surface area contributed by atoms with Crippen LogP contribution in [0.2, 0.25) is 0 Å². The smallest absolute Gasteiger partial charge is 0.244 e. The molecule has 0 radical (unpaired) electrons. The minimum atomic E-state index is -0.111. The molecule has 0 aliphatic carbocycles. The second-order valence-corrected chi connectivity index (χ2v) is 4.26. The molecule has 19 heavy (non-hydrogen) atoms. The Balaban J connectivity index is 1.66. The second-order valence-electron chi connectivity index (χ2n) is 4.26. The molecule has 2 aromatic rings. The highest BCUT2D eigenvalue weighted by Crippen LogP contribution is 2.05. The third-order valence-electron chi connectivity index (χ3n) is 2.80. The minimum Gasteiger partial charge on any atom is -0.465 e. The highest BCUT2D eigenvalue weighted by atomic mass is 16.3. The first-order chi connectivity index (χ1) is 9.25. The van der Waals surface area contributed by atoms with Crippen molar-refractivity contribution in [1.82, 2.24) is 15.5 Å². The summed E-state index contributed by atoms with van der Waals surface area (Å²) in [5.41, 5.74) is 2.28. The number of nitrogens with zero attached hydrogens (tertiary/aromatic N) is 1. The molecule has 0 aliphatic heterocycles. The Morgan fingerprint density at radius 3 is 3.16 bits per heavy atom. The maximum absolute atomic E-state index is 11.5. The van der Waals surface area contributed by atoms with Crippen LogP contribution in [0.5, 0.6) is 0 Å². The van der Waals surface area contributed by atoms with E-state index in [-0.39, 0.29) is 5.91 Å². The van der Waals surface area contributed by atoms with E-state index in [1.54, 1.807) is 24.5 Å². The molecule has 0 bridgehead atoms. The lowest BCUT2D eigenvalue weighted by molar-refractivity contribution is -0.116. The summed E-state index contributed by atoms with van der Waals surface area (Å²) in [5.74, 6) is 0.560. The van der Waals surface area contributed by atoms with Gasteiger partial charge in [0, 0.05) is 18.3 Å². The van der Waals surface area contributed by atoms with Gasteiger partial charge in [-0.05, 0) is 43.5 Å². The van der Waals surface area contributed by atoms with Gasteiger partial charge in [-0.1, -0.05) is 0 Å². The van der Waals surface area contributed by atoms with Crippen LogP contribution in [0.1, 0.15) is 23.4 Å². The molecule has 5 heteroatoms. The second kappa shape index (κ2) is 6.58. The van der Waals surface area contributed by atoms with E-state index in [1.165, 1.54) is 11.6 Å². The number of aryl methyl sites for hydroxylation is 2. The Kier molecular flexibility index (Phi) is 4.55. The number of amides is 1. The molecule has 0 fully saturated rings. The van der Waals surface area contributed by atoms with Crippen molar-refractivity contribution >= 4 is 12.0 Å². The number of rotatable bonds is 6. The van der Waals surface area contributed by atoms with Gasteiger partial charge in [-0.3, -0.25) is 9.89 Å². The number of furan rings is 1. The van der Waals surface area contributed by atoms with Crippen molar-refractivity contribution in [2.75, 3.05) is 6.54 Å². The van der Waals surface area contributed by atoms with Gasteiger partial charge in [-0.2, -0.15) is 5.10 Å². The molecule has 2 rings (SSSR count). The normalized spacial score (nSPS) is 11.0. The summed E-state index contributed by atoms with van der Waals surface area (Å²) in [6, 6.07) is 3.58. The molecule has 0 aromatic carbocycles. The maximum atomic E-state index is 11.5. The van der Waals surface area contributed by atoms with Gasteiger partial charge in [0.2, 0.25) is 5.91 Å². The van der Waals surface area contributed by atoms with Crippen LogP contribution in [0.4, 0.5) is 0 Å². The lowest BCUT2D eigenvalue weighted by Gasteiger charge is -2.01. The Hall–Kier alpha value is -2.30. The average Bonchev–Trinajstić information content (AvgIpc) is 3.04. The quantitative estimate of drug-likeness (QED) is 0.616. The Morgan fingerprint density at radius 1 is 1.58 bits per heavy atom. The van der Waals surface area contributed by atoms with Crippen molar-refractivity contribution in [2.24, 2.45) is 0 Å². The zero-order valence-corrected chi connectivity index (χ0v) is 10.8. The van der Waals surface area contributed by atoms with Gasteiger partial charge in [0.05, 0.1) is 12.5 Å². The van der Waals surface area contributed by atoms with E-state index in [0.717, 1.165) is 18.5 Å². The largest absolute Gasteiger partial charge is 0.465 e. The predicted octanol–water partition coefficient (Wildman–Crippen LogP) is 2.07. The lowest BCUT2D eigenvalue weighted by atomic mass is 10.1. The van der Waals surface area contributed by atoms with Crippen molar-refractivity contribution in [3.05, 3.63) is 47.7 Å². The third-order valence-corrected chi connectivity index (χ3v) is 2.80. The van der Waals surface area contributed by atoms with Crippen molar-refractivity contribution < 1.29 is 9.21 Å². The fraction of sp³-hybridized carbons (Fsp3) is 0.286. The molecular formula is C14H17N3O2. The number of hydrogen-bond donors (Lipinski definition) is 2. The number of nitrogens with one attached hydrogen (secondary N) is 2. The SMILES string of the molecule is Cc1[nH]ncc1CCCNC(=O)C=Cc1ccco1. The minimum absolute atomic E-state index is 0.111. The summed E-state index contributed by atoms with van der Waals surface area (Å²) in [6.45, 7) is 2.64. The topological polar surface area (TPSA) is 70.9 Å². The van der Waals surface area contributed by atoms with E-state index in [4.69, 9.17) is 4.42 Å². The van der Waals surface area contributed by atoms with Gasteiger partial charge >= 0.3 is 0 Å². The lowest BCUT2D eigenvalue weighted by Crippen LogP contribution is -2.22. The van der Waals surface area contributed by atoms with Crippen LogP contribution < -0.4 is 5.32 Å². The maximum Gasteiger partial charge on any atom is 0.244 e. The first kappa shape index (κ1) is 13.1. The van der Waals surface area contributed by atoms with Crippen LogP contribution in [0.3, 0.4) is 0 Å². The van der Waals surface area contributed by atoms with Crippen LogP contribution in [0.15, 0.2) is 35.1 Å². The summed E-state index contributed by atoms with van der Waals surface area (Å²) < 4.78 is 5.09. The molecule has 0 aliphatic rings. The average molecular weight is 259 g/mol. The van der Waals surface area contributed by atoms with Gasteiger partial charge < -0.3 is 9.73 Å². The molecule has 0 atom stereocenters. The van der Waals surface area contributed by atoms with Gasteiger partial charge in [-0.25, -0.2) is 0 Å². The monoisotopic (exact) mass is 259 g/mol. The molecule has 2 aromatic heterocycles. The summed E-state index contributed by atoms with van der Waals surface area (Å²) >= 11 is 0. The highest BCUT2D eigenvalue weighted by Gasteiger charge is 2.00. The Labute approximate surface area is 111 Å². The van der Waals surface area contributed by atoms with Crippen LogP contribution >= 0.6 is 0 Å². The number of carbonyl (C=O) groups excluding carboxylic acids is 1. The molecule has 0 saturated carbocycles. The van der Waals surface area contributed by atoms with Crippen LogP contribution in [0.25, 0.3) is 6.08 Å². The summed E-state index contributed by atoms with van der Waals surface area (Å²) in [4.78, 5) is 11.5. The van der Waals surface area contributed by atoms with Crippen LogP contribution in [-0.4, -0.2) is 22.6 Å². The molecular weight excluding hydrogens is 242 g/mol. The van der Waals surface area contributed by atoms with Gasteiger partial charge in [0.25, 0.3) is 0 Å². The van der Waals surface area contributed by atoms with E-state index in [0.29, 0.717) is 12.3 Å². The third kappa shape index (κ3) is 4.13. The molecule has 2 heterocycles. The number of aromatic nitrogens is 2. The number of aromatic amines is 1. The Bertz CT molecular complexity index is 541. The zero-order chi connectivity index (χ0) is 13.5. The summed E-state index contributed by atoms with van der Waals surface area (Å²) in [5, 5.41) is 9.68. The number of H-pyrrole nitrogens is 1. The molecule has 0 spiro atoms. The predicted molar refractivity (Wildman–Crippen MR) is 72.4 cm³/mol. The van der Waals surface area contributed by atoms with E-state index in [9.17, 15) is 4.79 Å². The van der Waals surface area contributed by atoms with E-state index in [1.807, 2.05) is 13.1 Å². The molecule has 2 N–H and O–H groups in total. The fourth-order valence-corrected chi connectivity index (χ4v) is 1.72. The van der Waals surface area contributed by atoms with Crippen LogP contribution in [-0.2, 0) is 11.2 Å². The molecule has 1 amide bonds. The molecule has 100 valence electrons. The summed E-state index contributed by atoms with van der Waals surface area (Å²) in [6.07, 6.45) is 8.32.